The molecule has 0 aromatic carbocycles. The van der Waals surface area contributed by atoms with E-state index in [-0.39, 0.29) is 11.8 Å². The second-order valence-electron chi connectivity index (χ2n) is 3.41. The Bertz CT molecular complexity index is 372. The van der Waals surface area contributed by atoms with Crippen molar-refractivity contribution in [1.29, 1.82) is 5.26 Å². The number of rotatable bonds is 1. The Kier molecular flexibility index (Phi) is 2.42. The average Bonchev–Trinajstić information content (AvgIpc) is 2.65. The van der Waals surface area contributed by atoms with Gasteiger partial charge in [-0.2, -0.15) is 9.65 Å². The molecule has 0 radical (unpaired) electrons. The summed E-state index contributed by atoms with van der Waals surface area (Å²) < 4.78 is 12.8. The Labute approximate surface area is 81.6 Å². The summed E-state index contributed by atoms with van der Waals surface area (Å²) in [5.41, 5.74) is 0.856. The van der Waals surface area contributed by atoms with Crippen molar-refractivity contribution in [3.05, 3.63) is 29.8 Å². The van der Waals surface area contributed by atoms with Gasteiger partial charge in [0.1, 0.15) is 0 Å². The Morgan fingerprint density at radius 2 is 2.43 bits per heavy atom. The predicted octanol–water partition coefficient (Wildman–Crippen LogP) is 1.05. The van der Waals surface area contributed by atoms with Crippen molar-refractivity contribution in [2.75, 3.05) is 13.1 Å². The molecule has 0 amide bonds. The number of hydrogen-bond acceptors (Lipinski definition) is 3. The van der Waals surface area contributed by atoms with E-state index in [1.807, 2.05) is 0 Å². The second kappa shape index (κ2) is 3.72. The number of hydrogen-bond donors (Lipinski definition) is 1. The van der Waals surface area contributed by atoms with Crippen LogP contribution in [0.5, 0.6) is 0 Å². The molecule has 1 aromatic heterocycles. The van der Waals surface area contributed by atoms with Gasteiger partial charge in [-0.25, -0.2) is 4.98 Å². The van der Waals surface area contributed by atoms with Gasteiger partial charge in [0.2, 0.25) is 5.95 Å². The maximum Gasteiger partial charge on any atom is 0.213 e. The monoisotopic (exact) mass is 191 g/mol. The summed E-state index contributed by atoms with van der Waals surface area (Å²) >= 11 is 0. The van der Waals surface area contributed by atoms with Gasteiger partial charge in [0.05, 0.1) is 12.0 Å². The van der Waals surface area contributed by atoms with E-state index >= 15 is 0 Å². The molecule has 2 rings (SSSR count). The minimum atomic E-state index is -0.480. The summed E-state index contributed by atoms with van der Waals surface area (Å²) in [6.07, 6.45) is 1.44. The highest BCUT2D eigenvalue weighted by Gasteiger charge is 2.28. The number of halogens is 1. The van der Waals surface area contributed by atoms with E-state index in [9.17, 15) is 4.39 Å². The van der Waals surface area contributed by atoms with E-state index < -0.39 is 5.95 Å². The molecule has 14 heavy (non-hydrogen) atoms. The number of nitriles is 1. The zero-order valence-electron chi connectivity index (χ0n) is 7.57. The van der Waals surface area contributed by atoms with Gasteiger partial charge >= 0.3 is 0 Å². The molecule has 1 fully saturated rings. The molecule has 72 valence electrons. The molecule has 2 heterocycles. The third kappa shape index (κ3) is 1.59. The second-order valence-corrected chi connectivity index (χ2v) is 3.41. The molecule has 2 atom stereocenters. The highest BCUT2D eigenvalue weighted by molar-refractivity contribution is 5.22. The highest BCUT2D eigenvalue weighted by Crippen LogP contribution is 2.27. The molecule has 1 aliphatic heterocycles. The molecular formula is C10H10FN3. The van der Waals surface area contributed by atoms with Crippen molar-refractivity contribution in [3.63, 3.8) is 0 Å². The van der Waals surface area contributed by atoms with Crippen LogP contribution >= 0.6 is 0 Å². The molecule has 0 saturated carbocycles. The van der Waals surface area contributed by atoms with Gasteiger partial charge in [-0.3, -0.25) is 0 Å². The average molecular weight is 191 g/mol. The quantitative estimate of drug-likeness (QED) is 0.675. The lowest BCUT2D eigenvalue weighted by molar-refractivity contribution is 0.571. The van der Waals surface area contributed by atoms with Crippen LogP contribution in [0.2, 0.25) is 0 Å². The van der Waals surface area contributed by atoms with Gasteiger partial charge in [-0.05, 0) is 17.7 Å². The van der Waals surface area contributed by atoms with Crippen molar-refractivity contribution < 1.29 is 4.39 Å². The van der Waals surface area contributed by atoms with E-state index in [1.54, 1.807) is 6.07 Å². The SMILES string of the molecule is N#CC1CNCC1c1ccnc(F)c1. The fraction of sp³-hybridized carbons (Fsp3) is 0.400. The number of pyridine rings is 1. The third-order valence-electron chi connectivity index (χ3n) is 2.56. The molecular weight excluding hydrogens is 181 g/mol. The Morgan fingerprint density at radius 3 is 3.14 bits per heavy atom. The van der Waals surface area contributed by atoms with Crippen molar-refractivity contribution in [1.82, 2.24) is 10.3 Å². The summed E-state index contributed by atoms with van der Waals surface area (Å²) in [6.45, 7) is 1.42. The fourth-order valence-corrected chi connectivity index (χ4v) is 1.81. The Balaban J connectivity index is 2.27. The van der Waals surface area contributed by atoms with Crippen LogP contribution in [0.15, 0.2) is 18.3 Å². The van der Waals surface area contributed by atoms with Crippen LogP contribution in [0.1, 0.15) is 11.5 Å². The first-order valence-electron chi connectivity index (χ1n) is 4.53. The number of nitrogens with one attached hydrogen (secondary N) is 1. The maximum absolute atomic E-state index is 12.8. The molecule has 3 nitrogen and oxygen atoms in total. The standard InChI is InChI=1S/C10H10FN3/c11-10-3-7(1-2-14-10)9-6-13-5-8(9)4-12/h1-3,8-9,13H,5-6H2. The van der Waals surface area contributed by atoms with Gasteiger partial charge in [-0.1, -0.05) is 0 Å². The topological polar surface area (TPSA) is 48.7 Å². The normalized spacial score (nSPS) is 26.0. The summed E-state index contributed by atoms with van der Waals surface area (Å²) in [7, 11) is 0. The van der Waals surface area contributed by atoms with E-state index in [2.05, 4.69) is 16.4 Å². The van der Waals surface area contributed by atoms with E-state index in [0.29, 0.717) is 6.54 Å². The summed E-state index contributed by atoms with van der Waals surface area (Å²) in [6, 6.07) is 5.40. The van der Waals surface area contributed by atoms with E-state index in [0.717, 1.165) is 12.1 Å². The van der Waals surface area contributed by atoms with Crippen molar-refractivity contribution in [2.45, 2.75) is 5.92 Å². The van der Waals surface area contributed by atoms with E-state index in [4.69, 9.17) is 5.26 Å². The van der Waals surface area contributed by atoms with Gasteiger partial charge in [0, 0.05) is 25.2 Å². The number of aromatic nitrogens is 1. The first kappa shape index (κ1) is 9.10. The van der Waals surface area contributed by atoms with Crippen LogP contribution in [0.25, 0.3) is 0 Å². The van der Waals surface area contributed by atoms with Gasteiger partial charge in [0.25, 0.3) is 0 Å². The van der Waals surface area contributed by atoms with Crippen molar-refractivity contribution in [2.24, 2.45) is 5.92 Å². The molecule has 2 unspecified atom stereocenters. The number of nitrogens with zero attached hydrogens (tertiary/aromatic N) is 2. The van der Waals surface area contributed by atoms with Gasteiger partial charge in [-0.15, -0.1) is 0 Å². The van der Waals surface area contributed by atoms with Crippen LogP contribution < -0.4 is 5.32 Å². The third-order valence-corrected chi connectivity index (χ3v) is 2.56. The van der Waals surface area contributed by atoms with Crippen LogP contribution in [0, 0.1) is 23.2 Å². The Hall–Kier alpha value is -1.47. The largest absolute Gasteiger partial charge is 0.315 e. The van der Waals surface area contributed by atoms with E-state index in [1.165, 1.54) is 12.3 Å². The summed E-state index contributed by atoms with van der Waals surface area (Å²) in [5, 5.41) is 12.0. The minimum absolute atomic E-state index is 0.0585. The molecule has 0 bridgehead atoms. The van der Waals surface area contributed by atoms with Crippen LogP contribution in [-0.4, -0.2) is 18.1 Å². The smallest absolute Gasteiger partial charge is 0.213 e. The molecule has 0 spiro atoms. The zero-order chi connectivity index (χ0) is 9.97. The predicted molar refractivity (Wildman–Crippen MR) is 48.9 cm³/mol. The maximum atomic E-state index is 12.8. The first-order chi connectivity index (χ1) is 6.81. The molecule has 1 N–H and O–H groups in total. The summed E-state index contributed by atoms with van der Waals surface area (Å²) in [4.78, 5) is 3.49. The highest BCUT2D eigenvalue weighted by atomic mass is 19.1. The lowest BCUT2D eigenvalue weighted by Gasteiger charge is -2.11. The molecule has 1 aliphatic rings. The van der Waals surface area contributed by atoms with Crippen LogP contribution in [0.3, 0.4) is 0 Å². The Morgan fingerprint density at radius 1 is 1.57 bits per heavy atom. The summed E-state index contributed by atoms with van der Waals surface area (Å²) in [5.74, 6) is -0.444. The van der Waals surface area contributed by atoms with Crippen LogP contribution in [0.4, 0.5) is 4.39 Å². The van der Waals surface area contributed by atoms with Crippen molar-refractivity contribution in [3.8, 4) is 6.07 Å². The lowest BCUT2D eigenvalue weighted by atomic mass is 9.91. The minimum Gasteiger partial charge on any atom is -0.315 e. The molecule has 1 saturated heterocycles. The lowest BCUT2D eigenvalue weighted by Crippen LogP contribution is -2.09. The van der Waals surface area contributed by atoms with Gasteiger partial charge in [0.15, 0.2) is 0 Å². The molecule has 0 aliphatic carbocycles. The first-order valence-corrected chi connectivity index (χ1v) is 4.53. The molecule has 1 aromatic rings. The van der Waals surface area contributed by atoms with Crippen molar-refractivity contribution >= 4 is 0 Å². The zero-order valence-corrected chi connectivity index (χ0v) is 7.57. The van der Waals surface area contributed by atoms with Gasteiger partial charge < -0.3 is 5.32 Å². The fourth-order valence-electron chi connectivity index (χ4n) is 1.81. The molecule has 4 heteroatoms. The van der Waals surface area contributed by atoms with Crippen LogP contribution in [-0.2, 0) is 0 Å².